The van der Waals surface area contributed by atoms with E-state index >= 15 is 0 Å². The number of anilines is 1. The number of nitrogens with one attached hydrogen (secondary N) is 1. The Kier molecular flexibility index (Phi) is 6.79. The van der Waals surface area contributed by atoms with E-state index in [0.717, 1.165) is 16.9 Å². The predicted molar refractivity (Wildman–Crippen MR) is 131 cm³/mol. The van der Waals surface area contributed by atoms with Crippen LogP contribution < -0.4 is 19.1 Å². The first-order chi connectivity index (χ1) is 16.3. The normalized spacial score (nSPS) is 15.3. The molecule has 7 nitrogen and oxygen atoms in total. The highest BCUT2D eigenvalue weighted by molar-refractivity contribution is 7.92. The van der Waals surface area contributed by atoms with E-state index in [4.69, 9.17) is 9.47 Å². The summed E-state index contributed by atoms with van der Waals surface area (Å²) in [4.78, 5) is 13.1. The van der Waals surface area contributed by atoms with E-state index in [1.165, 1.54) is 22.0 Å². The number of amides is 1. The molecular formula is C26H28N2O5S. The molecule has 1 N–H and O–H groups in total. The summed E-state index contributed by atoms with van der Waals surface area (Å²) in [6, 6.07) is 19.3. The number of fused-ring (bicyclic) bond motifs is 1. The van der Waals surface area contributed by atoms with Crippen LogP contribution in [0.15, 0.2) is 71.6 Å². The number of rotatable bonds is 7. The molecule has 1 atom stereocenters. The maximum Gasteiger partial charge on any atom is 0.264 e. The molecule has 0 saturated carbocycles. The third kappa shape index (κ3) is 5.02. The van der Waals surface area contributed by atoms with Crippen LogP contribution in [-0.2, 0) is 14.8 Å². The van der Waals surface area contributed by atoms with Gasteiger partial charge in [-0.2, -0.15) is 0 Å². The van der Waals surface area contributed by atoms with Gasteiger partial charge in [-0.3, -0.25) is 9.10 Å². The fraction of sp³-hybridized carbons (Fsp3) is 0.269. The summed E-state index contributed by atoms with van der Waals surface area (Å²) in [5.41, 5.74) is 3.63. The molecule has 0 aliphatic carbocycles. The lowest BCUT2D eigenvalue weighted by Gasteiger charge is -2.35. The third-order valence-corrected chi connectivity index (χ3v) is 7.55. The van der Waals surface area contributed by atoms with Gasteiger partial charge in [0.2, 0.25) is 0 Å². The average molecular weight is 481 g/mol. The number of hydrogen-bond acceptors (Lipinski definition) is 5. The van der Waals surface area contributed by atoms with E-state index in [-0.39, 0.29) is 24.6 Å². The molecule has 3 aromatic carbocycles. The number of benzene rings is 3. The van der Waals surface area contributed by atoms with E-state index in [1.807, 2.05) is 45.0 Å². The lowest BCUT2D eigenvalue weighted by atomic mass is 10.1. The van der Waals surface area contributed by atoms with E-state index in [1.54, 1.807) is 30.3 Å². The number of ether oxygens (including phenoxy) is 2. The molecule has 0 radical (unpaired) electrons. The summed E-state index contributed by atoms with van der Waals surface area (Å²) in [6.07, 6.45) is -0.991. The molecule has 1 aliphatic heterocycles. The first kappa shape index (κ1) is 23.6. The second-order valence-electron chi connectivity index (χ2n) is 8.31. The van der Waals surface area contributed by atoms with Crippen LogP contribution >= 0.6 is 0 Å². The zero-order valence-corrected chi connectivity index (χ0v) is 20.3. The van der Waals surface area contributed by atoms with Crippen LogP contribution in [0.4, 0.5) is 5.69 Å². The number of sulfonamides is 1. The molecule has 0 bridgehead atoms. The van der Waals surface area contributed by atoms with E-state index in [2.05, 4.69) is 5.32 Å². The molecular weight excluding hydrogens is 452 g/mol. The lowest BCUT2D eigenvalue weighted by molar-refractivity contribution is -0.127. The molecule has 1 heterocycles. The molecule has 34 heavy (non-hydrogen) atoms. The Labute approximate surface area is 200 Å². The molecule has 0 spiro atoms. The van der Waals surface area contributed by atoms with Crippen LogP contribution in [-0.4, -0.2) is 40.1 Å². The summed E-state index contributed by atoms with van der Waals surface area (Å²) in [7, 11) is -3.87. The van der Waals surface area contributed by atoms with Gasteiger partial charge in [0.15, 0.2) is 6.10 Å². The highest BCUT2D eigenvalue weighted by Crippen LogP contribution is 2.37. The van der Waals surface area contributed by atoms with Gasteiger partial charge < -0.3 is 14.8 Å². The van der Waals surface area contributed by atoms with Crippen molar-refractivity contribution in [2.75, 3.05) is 24.0 Å². The van der Waals surface area contributed by atoms with Gasteiger partial charge in [0.05, 0.1) is 23.7 Å². The Morgan fingerprint density at radius 1 is 1.03 bits per heavy atom. The zero-order chi connectivity index (χ0) is 24.3. The first-order valence-electron chi connectivity index (χ1n) is 11.1. The van der Waals surface area contributed by atoms with Gasteiger partial charge >= 0.3 is 0 Å². The van der Waals surface area contributed by atoms with Gasteiger partial charge in [0.25, 0.3) is 15.9 Å². The Bertz CT molecular complexity index is 1290. The van der Waals surface area contributed by atoms with Crippen LogP contribution in [0.1, 0.15) is 16.7 Å². The maximum absolute atomic E-state index is 13.4. The molecule has 178 valence electrons. The van der Waals surface area contributed by atoms with Crippen molar-refractivity contribution in [1.29, 1.82) is 0 Å². The van der Waals surface area contributed by atoms with Crippen molar-refractivity contribution in [3.05, 3.63) is 83.4 Å². The monoisotopic (exact) mass is 480 g/mol. The second-order valence-corrected chi connectivity index (χ2v) is 10.2. The average Bonchev–Trinajstić information content (AvgIpc) is 2.83. The van der Waals surface area contributed by atoms with Crippen molar-refractivity contribution >= 4 is 21.6 Å². The summed E-state index contributed by atoms with van der Waals surface area (Å²) < 4.78 is 39.7. The molecule has 0 fully saturated rings. The van der Waals surface area contributed by atoms with Crippen molar-refractivity contribution in [1.82, 2.24) is 5.32 Å². The number of carbonyl (C=O) groups excluding carboxylic acids is 1. The lowest BCUT2D eigenvalue weighted by Crippen LogP contribution is -2.51. The van der Waals surface area contributed by atoms with E-state index in [0.29, 0.717) is 11.4 Å². The second kappa shape index (κ2) is 9.77. The van der Waals surface area contributed by atoms with Crippen LogP contribution in [0.25, 0.3) is 0 Å². The Balaban J connectivity index is 1.47. The number of nitrogens with zero attached hydrogens (tertiary/aromatic N) is 1. The van der Waals surface area contributed by atoms with Gasteiger partial charge in [-0.1, -0.05) is 30.3 Å². The smallest absolute Gasteiger partial charge is 0.264 e. The largest absolute Gasteiger partial charge is 0.492 e. The number of aryl methyl sites for hydroxylation is 3. The van der Waals surface area contributed by atoms with Gasteiger partial charge in [-0.05, 0) is 73.9 Å². The number of carbonyl (C=O) groups is 1. The predicted octanol–water partition coefficient (Wildman–Crippen LogP) is 3.76. The van der Waals surface area contributed by atoms with E-state index in [9.17, 15) is 13.2 Å². The van der Waals surface area contributed by atoms with Gasteiger partial charge in [-0.15, -0.1) is 0 Å². The maximum atomic E-state index is 13.4. The van der Waals surface area contributed by atoms with Gasteiger partial charge in [0.1, 0.15) is 18.1 Å². The quantitative estimate of drug-likeness (QED) is 0.521. The Morgan fingerprint density at radius 3 is 2.53 bits per heavy atom. The summed E-state index contributed by atoms with van der Waals surface area (Å²) in [5, 5.41) is 2.80. The molecule has 0 unspecified atom stereocenters. The molecule has 1 amide bonds. The fourth-order valence-electron chi connectivity index (χ4n) is 3.71. The minimum Gasteiger partial charge on any atom is -0.492 e. The topological polar surface area (TPSA) is 84.9 Å². The molecule has 8 heteroatoms. The minimum absolute atomic E-state index is 0.128. The van der Waals surface area contributed by atoms with Crippen LogP contribution in [0, 0.1) is 20.8 Å². The van der Waals surface area contributed by atoms with Crippen LogP contribution in [0.3, 0.4) is 0 Å². The highest BCUT2D eigenvalue weighted by Gasteiger charge is 2.37. The van der Waals surface area contributed by atoms with Crippen molar-refractivity contribution in [3.63, 3.8) is 0 Å². The molecule has 0 aromatic heterocycles. The Hall–Kier alpha value is -3.52. The summed E-state index contributed by atoms with van der Waals surface area (Å²) >= 11 is 0. The molecule has 3 aromatic rings. The third-order valence-electron chi connectivity index (χ3n) is 5.76. The van der Waals surface area contributed by atoms with Crippen molar-refractivity contribution in [2.24, 2.45) is 0 Å². The molecule has 1 aliphatic rings. The summed E-state index contributed by atoms with van der Waals surface area (Å²) in [5.74, 6) is 0.692. The van der Waals surface area contributed by atoms with Gasteiger partial charge in [0, 0.05) is 0 Å². The van der Waals surface area contributed by atoms with Crippen molar-refractivity contribution in [2.45, 2.75) is 31.8 Å². The standard InChI is InChI=1S/C26H28N2O5S/c1-18-9-12-23-24(15-18)33-25(17-28(23)34(30,31)22-7-5-4-6-8-22)26(29)27-13-14-32-21-11-10-19(2)20(3)16-21/h4-12,15-16,25H,13-14,17H2,1-3H3,(H,27,29)/t25-/m1/s1. The fourth-order valence-corrected chi connectivity index (χ4v) is 5.20. The van der Waals surface area contributed by atoms with Crippen LogP contribution in [0.5, 0.6) is 11.5 Å². The van der Waals surface area contributed by atoms with Crippen LogP contribution in [0.2, 0.25) is 0 Å². The molecule has 0 saturated heterocycles. The van der Waals surface area contributed by atoms with E-state index < -0.39 is 22.0 Å². The minimum atomic E-state index is -3.87. The van der Waals surface area contributed by atoms with Gasteiger partial charge in [-0.25, -0.2) is 8.42 Å². The number of hydrogen-bond donors (Lipinski definition) is 1. The Morgan fingerprint density at radius 2 is 1.79 bits per heavy atom. The van der Waals surface area contributed by atoms with Crippen molar-refractivity contribution < 1.29 is 22.7 Å². The molecule has 4 rings (SSSR count). The highest BCUT2D eigenvalue weighted by atomic mass is 32.2. The first-order valence-corrected chi connectivity index (χ1v) is 12.5. The zero-order valence-electron chi connectivity index (χ0n) is 19.4. The van der Waals surface area contributed by atoms with Crippen molar-refractivity contribution in [3.8, 4) is 11.5 Å². The summed E-state index contributed by atoms with van der Waals surface area (Å²) in [6.45, 7) is 6.34. The SMILES string of the molecule is Cc1ccc2c(c1)O[C@@H](C(=O)NCCOc1ccc(C)c(C)c1)CN2S(=O)(=O)c1ccccc1.